The molecule has 0 atom stereocenters. The Morgan fingerprint density at radius 1 is 1.40 bits per heavy atom. The summed E-state index contributed by atoms with van der Waals surface area (Å²) in [5.41, 5.74) is 0.477. The molecule has 0 aliphatic heterocycles. The van der Waals surface area contributed by atoms with Gasteiger partial charge in [-0.05, 0) is 37.0 Å². The summed E-state index contributed by atoms with van der Waals surface area (Å²) in [4.78, 5) is 0.198. The highest BCUT2D eigenvalue weighted by atomic mass is 32.2. The lowest BCUT2D eigenvalue weighted by molar-refractivity contribution is 0.262. The SMILES string of the molecule is COc1ccc(S(=O)(=O)N(C)CC2CCC2)cc1CO. The average molecular weight is 299 g/mol. The van der Waals surface area contributed by atoms with Crippen molar-refractivity contribution in [3.8, 4) is 5.75 Å². The van der Waals surface area contributed by atoms with Crippen LogP contribution in [-0.4, -0.2) is 38.5 Å². The standard InChI is InChI=1S/C14H21NO4S/c1-15(9-11-4-3-5-11)20(17,18)13-6-7-14(19-2)12(8-13)10-16/h6-8,11,16H,3-5,9-10H2,1-2H3. The van der Waals surface area contributed by atoms with Crippen molar-refractivity contribution in [3.05, 3.63) is 23.8 Å². The molecule has 0 bridgehead atoms. The van der Waals surface area contributed by atoms with Crippen molar-refractivity contribution in [2.45, 2.75) is 30.8 Å². The van der Waals surface area contributed by atoms with Gasteiger partial charge in [-0.15, -0.1) is 0 Å². The monoisotopic (exact) mass is 299 g/mol. The second kappa shape index (κ2) is 6.11. The number of nitrogens with zero attached hydrogens (tertiary/aromatic N) is 1. The highest BCUT2D eigenvalue weighted by Crippen LogP contribution is 2.29. The van der Waals surface area contributed by atoms with Gasteiger partial charge in [0.15, 0.2) is 0 Å². The quantitative estimate of drug-likeness (QED) is 0.866. The molecule has 1 saturated carbocycles. The molecule has 0 saturated heterocycles. The van der Waals surface area contributed by atoms with Crippen LogP contribution in [-0.2, 0) is 16.6 Å². The van der Waals surface area contributed by atoms with Crippen molar-refractivity contribution in [3.63, 3.8) is 0 Å². The first-order valence-electron chi connectivity index (χ1n) is 6.73. The maximum Gasteiger partial charge on any atom is 0.242 e. The maximum atomic E-state index is 12.5. The Hall–Kier alpha value is -1.11. The fourth-order valence-electron chi connectivity index (χ4n) is 2.36. The van der Waals surface area contributed by atoms with Crippen molar-refractivity contribution in [2.24, 2.45) is 5.92 Å². The summed E-state index contributed by atoms with van der Waals surface area (Å²) in [6.45, 7) is 0.307. The van der Waals surface area contributed by atoms with Crippen LogP contribution in [0, 0.1) is 5.92 Å². The van der Waals surface area contributed by atoms with Gasteiger partial charge in [-0.25, -0.2) is 12.7 Å². The highest BCUT2D eigenvalue weighted by molar-refractivity contribution is 7.89. The smallest absolute Gasteiger partial charge is 0.242 e. The normalized spacial score (nSPS) is 16.2. The molecule has 0 amide bonds. The molecule has 1 aliphatic carbocycles. The summed E-state index contributed by atoms with van der Waals surface area (Å²) in [5.74, 6) is 0.971. The first kappa shape index (κ1) is 15.3. The number of benzene rings is 1. The Labute approximate surface area is 120 Å². The van der Waals surface area contributed by atoms with E-state index in [1.165, 1.54) is 30.0 Å². The topological polar surface area (TPSA) is 66.8 Å². The van der Waals surface area contributed by atoms with E-state index in [-0.39, 0.29) is 11.5 Å². The van der Waals surface area contributed by atoms with Crippen molar-refractivity contribution in [1.29, 1.82) is 0 Å². The molecule has 0 spiro atoms. The minimum Gasteiger partial charge on any atom is -0.496 e. The fourth-order valence-corrected chi connectivity index (χ4v) is 3.65. The molecule has 0 heterocycles. The maximum absolute atomic E-state index is 12.5. The first-order chi connectivity index (χ1) is 9.48. The lowest BCUT2D eigenvalue weighted by atomic mass is 9.86. The third kappa shape index (κ3) is 2.97. The lowest BCUT2D eigenvalue weighted by Crippen LogP contribution is -2.34. The molecule has 6 heteroatoms. The molecular formula is C14H21NO4S. The second-order valence-corrected chi connectivity index (χ2v) is 7.26. The minimum absolute atomic E-state index is 0.198. The van der Waals surface area contributed by atoms with Crippen LogP contribution in [0.5, 0.6) is 5.75 Å². The molecule has 1 fully saturated rings. The van der Waals surface area contributed by atoms with Crippen molar-refractivity contribution >= 4 is 10.0 Å². The second-order valence-electron chi connectivity index (χ2n) is 5.21. The predicted octanol–water partition coefficient (Wildman–Crippen LogP) is 1.61. The number of aliphatic hydroxyl groups excluding tert-OH is 1. The van der Waals surface area contributed by atoms with Crippen LogP contribution in [0.2, 0.25) is 0 Å². The molecule has 1 aromatic rings. The van der Waals surface area contributed by atoms with Gasteiger partial charge >= 0.3 is 0 Å². The number of sulfonamides is 1. The number of methoxy groups -OCH3 is 1. The third-order valence-corrected chi connectivity index (χ3v) is 5.69. The summed E-state index contributed by atoms with van der Waals surface area (Å²) in [7, 11) is -0.402. The lowest BCUT2D eigenvalue weighted by Gasteiger charge is -2.29. The molecule has 1 aromatic carbocycles. The number of ether oxygens (including phenoxy) is 1. The highest BCUT2D eigenvalue weighted by Gasteiger charge is 2.27. The Bertz CT molecular complexity index is 567. The summed E-state index contributed by atoms with van der Waals surface area (Å²) < 4.78 is 31.4. The third-order valence-electron chi connectivity index (χ3n) is 3.87. The zero-order valence-corrected chi connectivity index (χ0v) is 12.7. The van der Waals surface area contributed by atoms with Crippen molar-refractivity contribution in [1.82, 2.24) is 4.31 Å². The molecule has 2 rings (SSSR count). The van der Waals surface area contributed by atoms with E-state index in [0.29, 0.717) is 23.8 Å². The van der Waals surface area contributed by atoms with Gasteiger partial charge < -0.3 is 9.84 Å². The van der Waals surface area contributed by atoms with Gasteiger partial charge in [0.05, 0.1) is 18.6 Å². The van der Waals surface area contributed by atoms with Gasteiger partial charge in [-0.2, -0.15) is 0 Å². The number of hydrogen-bond donors (Lipinski definition) is 1. The summed E-state index contributed by atoms with van der Waals surface area (Å²) in [6.07, 6.45) is 3.39. The Morgan fingerprint density at radius 3 is 2.60 bits per heavy atom. The molecule has 112 valence electrons. The van der Waals surface area contributed by atoms with E-state index in [1.807, 2.05) is 0 Å². The van der Waals surface area contributed by atoms with E-state index in [2.05, 4.69) is 0 Å². The van der Waals surface area contributed by atoms with Crippen LogP contribution >= 0.6 is 0 Å². The summed E-state index contributed by atoms with van der Waals surface area (Å²) >= 11 is 0. The molecule has 1 aliphatic rings. The van der Waals surface area contributed by atoms with E-state index in [4.69, 9.17) is 4.74 Å². The van der Waals surface area contributed by atoms with Crippen LogP contribution in [0.15, 0.2) is 23.1 Å². The Balaban J connectivity index is 2.23. The van der Waals surface area contributed by atoms with Gasteiger partial charge in [0.25, 0.3) is 0 Å². The van der Waals surface area contributed by atoms with Crippen LogP contribution in [0.4, 0.5) is 0 Å². The van der Waals surface area contributed by atoms with Gasteiger partial charge in [0, 0.05) is 19.2 Å². The first-order valence-corrected chi connectivity index (χ1v) is 8.17. The summed E-state index contributed by atoms with van der Waals surface area (Å²) in [6, 6.07) is 4.58. The molecule has 5 nitrogen and oxygen atoms in total. The van der Waals surface area contributed by atoms with Crippen molar-refractivity contribution in [2.75, 3.05) is 20.7 Å². The van der Waals surface area contributed by atoms with Crippen LogP contribution in [0.25, 0.3) is 0 Å². The number of rotatable bonds is 6. The van der Waals surface area contributed by atoms with E-state index in [1.54, 1.807) is 13.1 Å². The van der Waals surface area contributed by atoms with Crippen LogP contribution in [0.1, 0.15) is 24.8 Å². The van der Waals surface area contributed by atoms with Crippen molar-refractivity contribution < 1.29 is 18.3 Å². The predicted molar refractivity (Wildman–Crippen MR) is 76.1 cm³/mol. The molecular weight excluding hydrogens is 278 g/mol. The molecule has 0 unspecified atom stereocenters. The molecule has 0 aromatic heterocycles. The van der Waals surface area contributed by atoms with Gasteiger partial charge in [-0.1, -0.05) is 6.42 Å². The zero-order chi connectivity index (χ0) is 14.8. The number of hydrogen-bond acceptors (Lipinski definition) is 4. The zero-order valence-electron chi connectivity index (χ0n) is 11.9. The van der Waals surface area contributed by atoms with Gasteiger partial charge in [0.1, 0.15) is 5.75 Å². The molecule has 0 radical (unpaired) electrons. The molecule has 20 heavy (non-hydrogen) atoms. The average Bonchev–Trinajstić information content (AvgIpc) is 2.41. The van der Waals surface area contributed by atoms with E-state index in [9.17, 15) is 13.5 Å². The Morgan fingerprint density at radius 2 is 2.10 bits per heavy atom. The Kier molecular flexibility index (Phi) is 4.67. The summed E-state index contributed by atoms with van der Waals surface area (Å²) in [5, 5.41) is 9.28. The van der Waals surface area contributed by atoms with Gasteiger partial charge in [0.2, 0.25) is 10.0 Å². The van der Waals surface area contributed by atoms with Crippen LogP contribution < -0.4 is 4.74 Å². The van der Waals surface area contributed by atoms with Gasteiger partial charge in [-0.3, -0.25) is 0 Å². The van der Waals surface area contributed by atoms with E-state index >= 15 is 0 Å². The minimum atomic E-state index is -3.50. The van der Waals surface area contributed by atoms with E-state index < -0.39 is 10.0 Å². The fraction of sp³-hybridized carbons (Fsp3) is 0.571. The largest absolute Gasteiger partial charge is 0.496 e. The van der Waals surface area contributed by atoms with Crippen LogP contribution in [0.3, 0.4) is 0 Å². The molecule has 1 N–H and O–H groups in total. The van der Waals surface area contributed by atoms with E-state index in [0.717, 1.165) is 12.8 Å². The number of aliphatic hydroxyl groups is 1.